The lowest BCUT2D eigenvalue weighted by molar-refractivity contribution is -0.141. The van der Waals surface area contributed by atoms with Crippen LogP contribution in [0.1, 0.15) is 16.1 Å². The van der Waals surface area contributed by atoms with Gasteiger partial charge in [-0.15, -0.1) is 0 Å². The summed E-state index contributed by atoms with van der Waals surface area (Å²) >= 11 is 0. The van der Waals surface area contributed by atoms with E-state index in [1.54, 1.807) is 0 Å². The zero-order valence-corrected chi connectivity index (χ0v) is 6.30. The van der Waals surface area contributed by atoms with Crippen molar-refractivity contribution in [1.82, 2.24) is 4.98 Å². The van der Waals surface area contributed by atoms with Crippen LogP contribution in [-0.2, 0) is 6.18 Å². The lowest BCUT2D eigenvalue weighted by atomic mass is 10.2. The molecule has 0 N–H and O–H groups in total. The number of hydrogen-bond acceptors (Lipinski definition) is 2. The van der Waals surface area contributed by atoms with Gasteiger partial charge in [0.05, 0.1) is 0 Å². The van der Waals surface area contributed by atoms with Gasteiger partial charge in [-0.2, -0.15) is 13.2 Å². The second kappa shape index (κ2) is 3.16. The minimum Gasteiger partial charge on any atom is -0.294 e. The van der Waals surface area contributed by atoms with E-state index >= 15 is 0 Å². The molecule has 0 unspecified atom stereocenters. The van der Waals surface area contributed by atoms with Crippen LogP contribution in [0.3, 0.4) is 0 Å². The fraction of sp³-hybridized carbons (Fsp3) is 0.125. The number of rotatable bonds is 1. The lowest BCUT2D eigenvalue weighted by Crippen LogP contribution is -2.08. The molecule has 0 bridgehead atoms. The number of Topliss-reactive ketones (excluding diaryl/α,β-unsaturated/α-hetero) is 1. The third kappa shape index (κ3) is 2.27. The maximum atomic E-state index is 11.9. The number of alkyl halides is 3. The summed E-state index contributed by atoms with van der Waals surface area (Å²) in [7, 11) is 0. The second-order valence-electron chi connectivity index (χ2n) is 2.29. The molecule has 0 saturated carbocycles. The van der Waals surface area contributed by atoms with Gasteiger partial charge in [0.2, 0.25) is 0 Å². The second-order valence-corrected chi connectivity index (χ2v) is 2.29. The molecule has 1 heterocycles. The van der Waals surface area contributed by atoms with E-state index in [9.17, 15) is 18.0 Å². The number of nitrogens with zero attached hydrogens (tertiary/aromatic N) is 1. The van der Waals surface area contributed by atoms with E-state index in [4.69, 9.17) is 6.92 Å². The molecule has 1 aromatic heterocycles. The lowest BCUT2D eigenvalue weighted by Gasteiger charge is -2.04. The Morgan fingerprint density at radius 2 is 2.00 bits per heavy atom. The summed E-state index contributed by atoms with van der Waals surface area (Å²) in [5.41, 5.74) is -1.09. The van der Waals surface area contributed by atoms with Gasteiger partial charge in [0.15, 0.2) is 5.78 Å². The first-order valence-corrected chi connectivity index (χ1v) is 3.24. The van der Waals surface area contributed by atoms with Crippen LogP contribution in [0.2, 0.25) is 0 Å². The molecule has 0 aliphatic heterocycles. The molecule has 1 rings (SSSR count). The summed E-state index contributed by atoms with van der Waals surface area (Å²) in [4.78, 5) is 13.5. The molecule has 0 aliphatic carbocycles. The Morgan fingerprint density at radius 1 is 1.38 bits per heavy atom. The Hall–Kier alpha value is -1.39. The Morgan fingerprint density at radius 3 is 2.31 bits per heavy atom. The highest BCUT2D eigenvalue weighted by Gasteiger charge is 2.32. The minimum atomic E-state index is -4.49. The smallest absolute Gasteiger partial charge is 0.294 e. The highest BCUT2D eigenvalue weighted by molar-refractivity contribution is 5.98. The van der Waals surface area contributed by atoms with Gasteiger partial charge in [-0.1, -0.05) is 0 Å². The standard InChI is InChI=1S/C8H4F3NO/c1-5(13)6-2-3-7(12-4-6)8(9,10)11/h1-4H. The van der Waals surface area contributed by atoms with Crippen molar-refractivity contribution < 1.29 is 18.0 Å². The van der Waals surface area contributed by atoms with Crippen LogP contribution in [-0.4, -0.2) is 10.8 Å². The number of carbonyl (C=O) groups is 1. The molecule has 2 radical (unpaired) electrons. The first-order valence-electron chi connectivity index (χ1n) is 3.24. The van der Waals surface area contributed by atoms with E-state index in [2.05, 4.69) is 4.98 Å². The largest absolute Gasteiger partial charge is 0.433 e. The number of pyridine rings is 1. The molecule has 2 nitrogen and oxygen atoms in total. The molecule has 0 fully saturated rings. The van der Waals surface area contributed by atoms with Crippen molar-refractivity contribution in [2.45, 2.75) is 6.18 Å². The van der Waals surface area contributed by atoms with Crippen LogP contribution in [0.4, 0.5) is 13.2 Å². The Balaban J connectivity index is 3.01. The van der Waals surface area contributed by atoms with E-state index in [0.29, 0.717) is 6.07 Å². The highest BCUT2D eigenvalue weighted by Crippen LogP contribution is 2.27. The molecule has 13 heavy (non-hydrogen) atoms. The summed E-state index contributed by atoms with van der Waals surface area (Å²) in [5.74, 6) is -0.804. The average molecular weight is 187 g/mol. The summed E-state index contributed by atoms with van der Waals surface area (Å²) in [5, 5.41) is 0. The topological polar surface area (TPSA) is 30.0 Å². The number of halogens is 3. The summed E-state index contributed by atoms with van der Waals surface area (Å²) in [6.07, 6.45) is -3.69. The van der Waals surface area contributed by atoms with Crippen molar-refractivity contribution in [3.8, 4) is 0 Å². The zero-order chi connectivity index (χ0) is 10.1. The van der Waals surface area contributed by atoms with Crippen molar-refractivity contribution in [2.75, 3.05) is 0 Å². The van der Waals surface area contributed by atoms with Gasteiger partial charge in [-0.3, -0.25) is 9.78 Å². The van der Waals surface area contributed by atoms with Gasteiger partial charge in [0.25, 0.3) is 0 Å². The summed E-state index contributed by atoms with van der Waals surface area (Å²) in [6.45, 7) is 4.81. The average Bonchev–Trinajstić information content (AvgIpc) is 2.03. The van der Waals surface area contributed by atoms with E-state index in [0.717, 1.165) is 12.3 Å². The van der Waals surface area contributed by atoms with Gasteiger partial charge in [0, 0.05) is 18.7 Å². The third-order valence-electron chi connectivity index (χ3n) is 1.34. The molecule has 68 valence electrons. The first kappa shape index (κ1) is 9.70. The van der Waals surface area contributed by atoms with E-state index in [-0.39, 0.29) is 5.56 Å². The Labute approximate surface area is 72.4 Å². The maximum Gasteiger partial charge on any atom is 0.433 e. The van der Waals surface area contributed by atoms with E-state index in [1.807, 2.05) is 0 Å². The number of hydrogen-bond donors (Lipinski definition) is 0. The number of aromatic nitrogens is 1. The molecule has 0 spiro atoms. The number of carbonyl (C=O) groups excluding carboxylic acids is 1. The van der Waals surface area contributed by atoms with Crippen LogP contribution in [0.15, 0.2) is 18.3 Å². The minimum absolute atomic E-state index is 0.0481. The van der Waals surface area contributed by atoms with Crippen LogP contribution in [0, 0.1) is 6.92 Å². The predicted octanol–water partition coefficient (Wildman–Crippen LogP) is 1.99. The predicted molar refractivity (Wildman–Crippen MR) is 37.9 cm³/mol. The number of ketones is 1. The summed E-state index contributed by atoms with van der Waals surface area (Å²) in [6, 6.07) is 1.69. The molecule has 5 heteroatoms. The Kier molecular flexibility index (Phi) is 2.36. The fourth-order valence-electron chi connectivity index (χ4n) is 0.707. The Bertz CT molecular complexity index is 315. The molecular formula is C8H4F3NO. The van der Waals surface area contributed by atoms with Gasteiger partial charge in [-0.05, 0) is 12.1 Å². The first-order chi connectivity index (χ1) is 5.91. The fourth-order valence-corrected chi connectivity index (χ4v) is 0.707. The normalized spacial score (nSPS) is 11.4. The van der Waals surface area contributed by atoms with Gasteiger partial charge in [0.1, 0.15) is 5.69 Å². The van der Waals surface area contributed by atoms with Crippen molar-refractivity contribution in [1.29, 1.82) is 0 Å². The molecule has 0 saturated heterocycles. The van der Waals surface area contributed by atoms with E-state index in [1.165, 1.54) is 0 Å². The van der Waals surface area contributed by atoms with Crippen molar-refractivity contribution in [2.24, 2.45) is 0 Å². The van der Waals surface area contributed by atoms with Gasteiger partial charge in [-0.25, -0.2) is 0 Å². The van der Waals surface area contributed by atoms with Gasteiger partial charge < -0.3 is 0 Å². The van der Waals surface area contributed by atoms with Crippen molar-refractivity contribution in [3.05, 3.63) is 36.5 Å². The highest BCUT2D eigenvalue weighted by atomic mass is 19.4. The van der Waals surface area contributed by atoms with Crippen LogP contribution in [0.25, 0.3) is 0 Å². The van der Waals surface area contributed by atoms with Crippen molar-refractivity contribution >= 4 is 5.78 Å². The summed E-state index contributed by atoms with van der Waals surface area (Å²) < 4.78 is 35.8. The molecule has 1 aromatic rings. The van der Waals surface area contributed by atoms with Crippen molar-refractivity contribution in [3.63, 3.8) is 0 Å². The molecule has 0 aliphatic rings. The molecule has 0 amide bonds. The van der Waals surface area contributed by atoms with Crippen LogP contribution in [0.5, 0.6) is 0 Å². The van der Waals surface area contributed by atoms with Gasteiger partial charge >= 0.3 is 6.18 Å². The molecule has 0 aromatic carbocycles. The maximum absolute atomic E-state index is 11.9. The van der Waals surface area contributed by atoms with Crippen LogP contribution < -0.4 is 0 Å². The zero-order valence-electron chi connectivity index (χ0n) is 6.30. The quantitative estimate of drug-likeness (QED) is 0.629. The van der Waals surface area contributed by atoms with Crippen LogP contribution >= 0.6 is 0 Å². The SMILES string of the molecule is [CH]C(=O)c1ccc(C(F)(F)F)nc1. The third-order valence-corrected chi connectivity index (χ3v) is 1.34. The molecular weight excluding hydrogens is 183 g/mol. The van der Waals surface area contributed by atoms with E-state index < -0.39 is 17.7 Å². The monoisotopic (exact) mass is 187 g/mol. The molecule has 0 atom stereocenters.